The molecule has 0 aliphatic rings. The van der Waals surface area contributed by atoms with Crippen molar-refractivity contribution in [2.45, 2.75) is 55.2 Å². The van der Waals surface area contributed by atoms with Gasteiger partial charge in [-0.25, -0.2) is 8.42 Å². The van der Waals surface area contributed by atoms with Gasteiger partial charge < -0.3 is 9.47 Å². The quantitative estimate of drug-likeness (QED) is 0.172. The first-order valence-electron chi connectivity index (χ1n) is 14.4. The molecule has 0 radical (unpaired) electrons. The van der Waals surface area contributed by atoms with Crippen LogP contribution in [-0.4, -0.2) is 15.5 Å². The van der Waals surface area contributed by atoms with Crippen LogP contribution < -0.4 is 9.47 Å². The molecular formula is C38H38O4S. The van der Waals surface area contributed by atoms with Crippen molar-refractivity contribution < 1.29 is 17.9 Å². The fraction of sp³-hybridized carbons (Fsp3) is 0.211. The molecule has 220 valence electrons. The Morgan fingerprint density at radius 1 is 0.512 bits per heavy atom. The highest BCUT2D eigenvalue weighted by Gasteiger charge is 2.28. The second-order valence-electron chi connectivity index (χ2n) is 12.0. The maximum absolute atomic E-state index is 13.0. The summed E-state index contributed by atoms with van der Waals surface area (Å²) >= 11 is 0. The molecule has 43 heavy (non-hydrogen) atoms. The van der Waals surface area contributed by atoms with Crippen molar-refractivity contribution in [3.63, 3.8) is 0 Å². The zero-order valence-electron chi connectivity index (χ0n) is 25.6. The van der Waals surface area contributed by atoms with Crippen molar-refractivity contribution >= 4 is 9.84 Å². The third-order valence-electron chi connectivity index (χ3n) is 8.39. The molecule has 5 aromatic rings. The summed E-state index contributed by atoms with van der Waals surface area (Å²) < 4.78 is 37.4. The Kier molecular flexibility index (Phi) is 8.22. The van der Waals surface area contributed by atoms with Gasteiger partial charge in [0.15, 0.2) is 0 Å². The largest absolute Gasteiger partial charge is 0.497 e. The Balaban J connectivity index is 1.32. The van der Waals surface area contributed by atoms with Gasteiger partial charge in [0.05, 0.1) is 16.9 Å². The maximum Gasteiger partial charge on any atom is 0.206 e. The van der Waals surface area contributed by atoms with Crippen LogP contribution in [0.3, 0.4) is 0 Å². The number of rotatable bonds is 9. The molecule has 5 aromatic carbocycles. The number of hydrogen-bond acceptors (Lipinski definition) is 4. The van der Waals surface area contributed by atoms with Gasteiger partial charge >= 0.3 is 0 Å². The molecule has 4 nitrogen and oxygen atoms in total. The monoisotopic (exact) mass is 590 g/mol. The van der Waals surface area contributed by atoms with Gasteiger partial charge in [0.1, 0.15) is 17.2 Å². The summed E-state index contributed by atoms with van der Waals surface area (Å²) in [6.45, 7) is 10.9. The van der Waals surface area contributed by atoms with E-state index in [0.29, 0.717) is 11.5 Å². The van der Waals surface area contributed by atoms with Crippen LogP contribution in [0.25, 0.3) is 0 Å². The molecule has 0 aliphatic carbocycles. The van der Waals surface area contributed by atoms with Crippen LogP contribution in [0.5, 0.6) is 17.2 Å². The van der Waals surface area contributed by atoms with Gasteiger partial charge in [-0.1, -0.05) is 93.9 Å². The Hall–Kier alpha value is -4.35. The van der Waals surface area contributed by atoms with Crippen molar-refractivity contribution in [2.24, 2.45) is 0 Å². The Labute approximate surface area is 255 Å². The first-order chi connectivity index (χ1) is 20.4. The highest BCUT2D eigenvalue weighted by molar-refractivity contribution is 7.91. The highest BCUT2D eigenvalue weighted by atomic mass is 32.2. The lowest BCUT2D eigenvalue weighted by Crippen LogP contribution is -2.22. The topological polar surface area (TPSA) is 52.6 Å². The molecule has 0 saturated heterocycles. The molecule has 5 heteroatoms. The third kappa shape index (κ3) is 6.23. The third-order valence-corrected chi connectivity index (χ3v) is 10.2. The summed E-state index contributed by atoms with van der Waals surface area (Å²) in [6.07, 6.45) is 0. The van der Waals surface area contributed by atoms with Crippen LogP contribution in [0.2, 0.25) is 0 Å². The van der Waals surface area contributed by atoms with Crippen molar-refractivity contribution in [1.29, 1.82) is 0 Å². The molecule has 0 heterocycles. The predicted molar refractivity (Wildman–Crippen MR) is 173 cm³/mol. The van der Waals surface area contributed by atoms with E-state index in [0.717, 1.165) is 11.3 Å². The van der Waals surface area contributed by atoms with Crippen LogP contribution in [0.15, 0.2) is 131 Å². The molecular weight excluding hydrogens is 552 g/mol. The zero-order valence-corrected chi connectivity index (χ0v) is 26.4. The van der Waals surface area contributed by atoms with E-state index in [4.69, 9.17) is 9.47 Å². The fourth-order valence-corrected chi connectivity index (χ4v) is 6.51. The first-order valence-corrected chi connectivity index (χ1v) is 15.9. The summed E-state index contributed by atoms with van der Waals surface area (Å²) in [7, 11) is -1.90. The van der Waals surface area contributed by atoms with Gasteiger partial charge in [0, 0.05) is 10.8 Å². The SMILES string of the molecule is COc1ccc(C(C)(C)c2cccc(C(C)(C)c3ccc(Oc4ccc(S(=O)(=O)c5ccc(C)cc5)cc4)cc3)c2)cc1. The average Bonchev–Trinajstić information content (AvgIpc) is 3.02. The van der Waals surface area contributed by atoms with Crippen LogP contribution in [-0.2, 0) is 20.7 Å². The lowest BCUT2D eigenvalue weighted by Gasteiger charge is -2.31. The van der Waals surface area contributed by atoms with E-state index >= 15 is 0 Å². The molecule has 0 atom stereocenters. The van der Waals surface area contributed by atoms with E-state index in [1.807, 2.05) is 31.2 Å². The Bertz CT molecular complexity index is 1800. The van der Waals surface area contributed by atoms with Gasteiger partial charge in [-0.2, -0.15) is 0 Å². The minimum absolute atomic E-state index is 0.176. The number of ether oxygens (including phenoxy) is 2. The predicted octanol–water partition coefficient (Wildman–Crippen LogP) is 9.28. The van der Waals surface area contributed by atoms with Gasteiger partial charge in [-0.15, -0.1) is 0 Å². The second-order valence-corrected chi connectivity index (χ2v) is 13.9. The molecule has 0 saturated carbocycles. The molecule has 0 aromatic heterocycles. The summed E-state index contributed by atoms with van der Waals surface area (Å²) in [6, 6.07) is 38.6. The van der Waals surface area contributed by atoms with Gasteiger partial charge in [-0.3, -0.25) is 0 Å². The minimum Gasteiger partial charge on any atom is -0.497 e. The molecule has 0 unspecified atom stereocenters. The normalized spacial score (nSPS) is 12.1. The maximum atomic E-state index is 13.0. The second kappa shape index (κ2) is 11.7. The van der Waals surface area contributed by atoms with Crippen molar-refractivity contribution in [1.82, 2.24) is 0 Å². The molecule has 0 N–H and O–H groups in total. The van der Waals surface area contributed by atoms with Crippen molar-refractivity contribution in [2.75, 3.05) is 7.11 Å². The van der Waals surface area contributed by atoms with Crippen LogP contribution in [0, 0.1) is 6.92 Å². The van der Waals surface area contributed by atoms with E-state index < -0.39 is 9.84 Å². The number of benzene rings is 5. The molecule has 0 spiro atoms. The zero-order chi connectivity index (χ0) is 30.8. The number of sulfone groups is 1. The molecule has 0 fully saturated rings. The lowest BCUT2D eigenvalue weighted by molar-refractivity contribution is 0.414. The van der Waals surface area contributed by atoms with E-state index in [1.165, 1.54) is 22.3 Å². The number of hydrogen-bond donors (Lipinski definition) is 0. The van der Waals surface area contributed by atoms with E-state index in [9.17, 15) is 8.42 Å². The van der Waals surface area contributed by atoms with Gasteiger partial charge in [0.25, 0.3) is 0 Å². The summed E-state index contributed by atoms with van der Waals surface area (Å²) in [5.74, 6) is 2.11. The smallest absolute Gasteiger partial charge is 0.206 e. The van der Waals surface area contributed by atoms with Crippen LogP contribution in [0.1, 0.15) is 55.5 Å². The van der Waals surface area contributed by atoms with Crippen LogP contribution >= 0.6 is 0 Å². The van der Waals surface area contributed by atoms with Crippen molar-refractivity contribution in [3.05, 3.63) is 149 Å². The Morgan fingerprint density at radius 3 is 1.35 bits per heavy atom. The van der Waals surface area contributed by atoms with Crippen molar-refractivity contribution in [3.8, 4) is 17.2 Å². The highest BCUT2D eigenvalue weighted by Crippen LogP contribution is 2.38. The minimum atomic E-state index is -3.59. The molecule has 5 rings (SSSR count). The number of aryl methyl sites for hydroxylation is 1. The molecule has 0 amide bonds. The van der Waals surface area contributed by atoms with Gasteiger partial charge in [-0.05, 0) is 89.8 Å². The standard InChI is InChI=1S/C38H38O4S/c1-27-10-22-35(23-11-27)43(39,40)36-24-20-34(21-25-36)42-33-18-14-29(15-19-33)38(4,5)31-9-7-8-30(26-31)37(2,3)28-12-16-32(41-6)17-13-28/h7-26H,1-6H3. The van der Waals surface area contributed by atoms with E-state index in [2.05, 4.69) is 76.2 Å². The van der Waals surface area contributed by atoms with Crippen LogP contribution in [0.4, 0.5) is 0 Å². The van der Waals surface area contributed by atoms with Gasteiger partial charge in [0.2, 0.25) is 9.84 Å². The fourth-order valence-electron chi connectivity index (χ4n) is 5.25. The van der Waals surface area contributed by atoms with E-state index in [-0.39, 0.29) is 20.6 Å². The lowest BCUT2D eigenvalue weighted by atomic mass is 9.73. The summed E-state index contributed by atoms with van der Waals surface area (Å²) in [5.41, 5.74) is 5.46. The van der Waals surface area contributed by atoms with E-state index in [1.54, 1.807) is 55.6 Å². The Morgan fingerprint density at radius 2 is 0.907 bits per heavy atom. The summed E-state index contributed by atoms with van der Waals surface area (Å²) in [5, 5.41) is 0. The number of methoxy groups -OCH3 is 1. The first kappa shape index (κ1) is 30.1. The summed E-state index contributed by atoms with van der Waals surface area (Å²) in [4.78, 5) is 0.512. The molecule has 0 aliphatic heterocycles. The molecule has 0 bridgehead atoms. The average molecular weight is 591 g/mol.